The van der Waals surface area contributed by atoms with Gasteiger partial charge in [-0.15, -0.1) is 0 Å². The fourth-order valence-electron chi connectivity index (χ4n) is 3.53. The Labute approximate surface area is 174 Å². The third-order valence-electron chi connectivity index (χ3n) is 5.37. The molecular weight excluding hydrogens is 384 g/mol. The van der Waals surface area contributed by atoms with Crippen molar-refractivity contribution in [2.24, 2.45) is 0 Å². The summed E-state index contributed by atoms with van der Waals surface area (Å²) in [5.74, 6) is 0.00725. The van der Waals surface area contributed by atoms with Gasteiger partial charge < -0.3 is 4.90 Å². The van der Waals surface area contributed by atoms with Crippen molar-refractivity contribution in [3.63, 3.8) is 0 Å². The molecule has 0 aliphatic carbocycles. The van der Waals surface area contributed by atoms with Crippen LogP contribution in [0.4, 0.5) is 5.69 Å². The summed E-state index contributed by atoms with van der Waals surface area (Å²) in [7, 11) is -3.73. The maximum Gasteiger partial charge on any atom is 0.262 e. The standard InChI is InChI=1S/C23H30N2O3S/c1-17-8-11-19(23(2,3)4)16-21(17)29(27,28)24-20-12-9-18(10-13-20)22(26)25-14-6-5-7-15-25/h8-13,16,24H,5-7,14-15H2,1-4H3. The molecule has 1 amide bonds. The molecule has 0 aromatic heterocycles. The first kappa shape index (κ1) is 21.4. The van der Waals surface area contributed by atoms with Gasteiger partial charge in [0.2, 0.25) is 0 Å². The average Bonchev–Trinajstić information content (AvgIpc) is 2.67. The second kappa shape index (κ2) is 8.19. The van der Waals surface area contributed by atoms with Gasteiger partial charge in [-0.25, -0.2) is 8.42 Å². The molecule has 2 aromatic carbocycles. The topological polar surface area (TPSA) is 66.5 Å². The first-order valence-electron chi connectivity index (χ1n) is 10.1. The van der Waals surface area contributed by atoms with Gasteiger partial charge in [-0.05, 0) is 73.1 Å². The summed E-state index contributed by atoms with van der Waals surface area (Å²) in [6, 6.07) is 12.2. The SMILES string of the molecule is Cc1ccc(C(C)(C)C)cc1S(=O)(=O)Nc1ccc(C(=O)N2CCCCC2)cc1. The van der Waals surface area contributed by atoms with Crippen molar-refractivity contribution in [2.45, 2.75) is 57.3 Å². The number of carbonyl (C=O) groups is 1. The summed E-state index contributed by atoms with van der Waals surface area (Å²) in [6.07, 6.45) is 3.24. The number of sulfonamides is 1. The number of amides is 1. The molecule has 1 aliphatic heterocycles. The van der Waals surface area contributed by atoms with Crippen LogP contribution in [0.2, 0.25) is 0 Å². The van der Waals surface area contributed by atoms with Crippen LogP contribution < -0.4 is 4.72 Å². The first-order chi connectivity index (χ1) is 13.6. The molecular formula is C23H30N2O3S. The van der Waals surface area contributed by atoms with Crippen LogP contribution in [0.15, 0.2) is 47.4 Å². The normalized spacial score (nSPS) is 15.2. The zero-order chi connectivity index (χ0) is 21.2. The third kappa shape index (κ3) is 4.99. The van der Waals surface area contributed by atoms with Gasteiger partial charge in [0.05, 0.1) is 4.90 Å². The molecule has 0 atom stereocenters. The largest absolute Gasteiger partial charge is 0.339 e. The Kier molecular flexibility index (Phi) is 6.03. The summed E-state index contributed by atoms with van der Waals surface area (Å²) in [4.78, 5) is 14.7. The second-order valence-electron chi connectivity index (χ2n) is 8.77. The van der Waals surface area contributed by atoms with E-state index in [-0.39, 0.29) is 16.2 Å². The van der Waals surface area contributed by atoms with Gasteiger partial charge in [-0.1, -0.05) is 32.9 Å². The molecule has 1 N–H and O–H groups in total. The number of benzene rings is 2. The van der Waals surface area contributed by atoms with Gasteiger partial charge in [-0.3, -0.25) is 9.52 Å². The maximum absolute atomic E-state index is 13.0. The molecule has 1 aliphatic rings. The highest BCUT2D eigenvalue weighted by Crippen LogP contribution is 2.28. The lowest BCUT2D eigenvalue weighted by Crippen LogP contribution is -2.35. The number of hydrogen-bond donors (Lipinski definition) is 1. The van der Waals surface area contributed by atoms with Crippen LogP contribution in [0.1, 0.15) is 61.5 Å². The summed E-state index contributed by atoms with van der Waals surface area (Å²) in [6.45, 7) is 9.54. The number of likely N-dealkylation sites (tertiary alicyclic amines) is 1. The van der Waals surface area contributed by atoms with E-state index in [1.165, 1.54) is 6.42 Å². The lowest BCUT2D eigenvalue weighted by molar-refractivity contribution is 0.0724. The van der Waals surface area contributed by atoms with Crippen molar-refractivity contribution in [1.82, 2.24) is 4.90 Å². The summed E-state index contributed by atoms with van der Waals surface area (Å²) in [5.41, 5.74) is 2.55. The summed E-state index contributed by atoms with van der Waals surface area (Å²) < 4.78 is 28.6. The van der Waals surface area contributed by atoms with E-state index in [1.807, 2.05) is 17.0 Å². The molecule has 1 heterocycles. The number of aryl methyl sites for hydroxylation is 1. The Hall–Kier alpha value is -2.34. The van der Waals surface area contributed by atoms with Gasteiger partial charge in [0.15, 0.2) is 0 Å². The molecule has 0 unspecified atom stereocenters. The number of nitrogens with one attached hydrogen (secondary N) is 1. The van der Waals surface area contributed by atoms with Gasteiger partial charge in [-0.2, -0.15) is 0 Å². The van der Waals surface area contributed by atoms with Gasteiger partial charge in [0.1, 0.15) is 0 Å². The maximum atomic E-state index is 13.0. The van der Waals surface area contributed by atoms with E-state index in [4.69, 9.17) is 0 Å². The van der Waals surface area contributed by atoms with Crippen LogP contribution in [0, 0.1) is 6.92 Å². The van der Waals surface area contributed by atoms with Crippen LogP contribution in [0.5, 0.6) is 0 Å². The zero-order valence-electron chi connectivity index (χ0n) is 17.7. The van der Waals surface area contributed by atoms with Crippen molar-refractivity contribution in [2.75, 3.05) is 17.8 Å². The predicted molar refractivity (Wildman–Crippen MR) is 117 cm³/mol. The minimum atomic E-state index is -3.73. The van der Waals surface area contributed by atoms with Crippen LogP contribution in [0.3, 0.4) is 0 Å². The smallest absolute Gasteiger partial charge is 0.262 e. The van der Waals surface area contributed by atoms with E-state index in [0.29, 0.717) is 16.8 Å². The Morgan fingerprint density at radius 2 is 1.59 bits per heavy atom. The van der Waals surface area contributed by atoms with Crippen LogP contribution in [-0.4, -0.2) is 32.3 Å². The number of carbonyl (C=O) groups excluding carboxylic acids is 1. The molecule has 1 fully saturated rings. The molecule has 1 saturated heterocycles. The first-order valence-corrected chi connectivity index (χ1v) is 11.6. The lowest BCUT2D eigenvalue weighted by atomic mass is 9.87. The Bertz CT molecular complexity index is 984. The second-order valence-corrected chi connectivity index (χ2v) is 10.4. The van der Waals surface area contributed by atoms with Gasteiger partial charge in [0, 0.05) is 24.3 Å². The average molecular weight is 415 g/mol. The van der Waals surface area contributed by atoms with Gasteiger partial charge >= 0.3 is 0 Å². The molecule has 0 radical (unpaired) electrons. The lowest BCUT2D eigenvalue weighted by Gasteiger charge is -2.26. The van der Waals surface area contributed by atoms with E-state index in [1.54, 1.807) is 37.3 Å². The van der Waals surface area contributed by atoms with E-state index in [2.05, 4.69) is 25.5 Å². The quantitative estimate of drug-likeness (QED) is 0.787. The summed E-state index contributed by atoms with van der Waals surface area (Å²) >= 11 is 0. The van der Waals surface area contributed by atoms with E-state index in [0.717, 1.165) is 31.5 Å². The van der Waals surface area contributed by atoms with Crippen molar-refractivity contribution in [1.29, 1.82) is 0 Å². The zero-order valence-corrected chi connectivity index (χ0v) is 18.5. The van der Waals surface area contributed by atoms with Crippen molar-refractivity contribution >= 4 is 21.6 Å². The number of hydrogen-bond acceptors (Lipinski definition) is 3. The highest BCUT2D eigenvalue weighted by Gasteiger charge is 2.22. The Morgan fingerprint density at radius 3 is 2.17 bits per heavy atom. The van der Waals surface area contributed by atoms with Crippen molar-refractivity contribution in [3.05, 3.63) is 59.2 Å². The Morgan fingerprint density at radius 1 is 0.966 bits per heavy atom. The number of rotatable bonds is 4. The molecule has 3 rings (SSSR count). The fraction of sp³-hybridized carbons (Fsp3) is 0.435. The highest BCUT2D eigenvalue weighted by atomic mass is 32.2. The number of nitrogens with zero attached hydrogens (tertiary/aromatic N) is 1. The number of anilines is 1. The van der Waals surface area contributed by atoms with Crippen LogP contribution in [0.25, 0.3) is 0 Å². The highest BCUT2D eigenvalue weighted by molar-refractivity contribution is 7.92. The molecule has 0 spiro atoms. The van der Waals surface area contributed by atoms with Crippen molar-refractivity contribution < 1.29 is 13.2 Å². The monoisotopic (exact) mass is 414 g/mol. The Balaban J connectivity index is 1.80. The van der Waals surface area contributed by atoms with Crippen LogP contribution >= 0.6 is 0 Å². The molecule has 2 aromatic rings. The van der Waals surface area contributed by atoms with Crippen molar-refractivity contribution in [3.8, 4) is 0 Å². The molecule has 5 nitrogen and oxygen atoms in total. The molecule has 156 valence electrons. The van der Waals surface area contributed by atoms with Crippen LogP contribution in [-0.2, 0) is 15.4 Å². The molecule has 29 heavy (non-hydrogen) atoms. The van der Waals surface area contributed by atoms with E-state index >= 15 is 0 Å². The molecule has 0 saturated carbocycles. The third-order valence-corrected chi connectivity index (χ3v) is 6.89. The minimum absolute atomic E-state index is 0.00725. The predicted octanol–water partition coefficient (Wildman–Crippen LogP) is 4.72. The minimum Gasteiger partial charge on any atom is -0.339 e. The summed E-state index contributed by atoms with van der Waals surface area (Å²) in [5, 5.41) is 0. The fourth-order valence-corrected chi connectivity index (χ4v) is 4.86. The molecule has 0 bridgehead atoms. The molecule has 6 heteroatoms. The van der Waals surface area contributed by atoms with Gasteiger partial charge in [0.25, 0.3) is 15.9 Å². The van der Waals surface area contributed by atoms with E-state index < -0.39 is 10.0 Å². The van der Waals surface area contributed by atoms with E-state index in [9.17, 15) is 13.2 Å². The number of piperidine rings is 1.